The molecule has 0 atom stereocenters. The molecular formula is C26H23F2N3O4. The van der Waals surface area contributed by atoms with Crippen molar-refractivity contribution in [2.45, 2.75) is 13.2 Å². The number of aromatic nitrogens is 2. The monoisotopic (exact) mass is 479 g/mol. The SMILES string of the molecule is COc1ccc(NC(=O)c2cn(Cc3cccc(F)c3)nc2OCc2cccc(F)c2)c(OC)c1. The molecule has 3 aromatic carbocycles. The van der Waals surface area contributed by atoms with E-state index in [0.717, 1.165) is 0 Å². The van der Waals surface area contributed by atoms with Gasteiger partial charge in [0.25, 0.3) is 5.91 Å². The summed E-state index contributed by atoms with van der Waals surface area (Å²) in [7, 11) is 3.01. The Bertz CT molecular complexity index is 1340. The van der Waals surface area contributed by atoms with Gasteiger partial charge in [0.15, 0.2) is 0 Å². The molecule has 7 nitrogen and oxygen atoms in total. The van der Waals surface area contributed by atoms with Gasteiger partial charge in [0.2, 0.25) is 5.88 Å². The minimum absolute atomic E-state index is 0.000868. The van der Waals surface area contributed by atoms with E-state index in [2.05, 4.69) is 10.4 Å². The van der Waals surface area contributed by atoms with Gasteiger partial charge < -0.3 is 19.5 Å². The number of amides is 1. The first-order valence-corrected chi connectivity index (χ1v) is 10.7. The van der Waals surface area contributed by atoms with Crippen molar-refractivity contribution in [3.8, 4) is 17.4 Å². The molecular weight excluding hydrogens is 456 g/mol. The molecule has 0 aliphatic heterocycles. The van der Waals surface area contributed by atoms with Gasteiger partial charge in [-0.2, -0.15) is 0 Å². The normalized spacial score (nSPS) is 10.6. The van der Waals surface area contributed by atoms with Crippen LogP contribution in [0.3, 0.4) is 0 Å². The van der Waals surface area contributed by atoms with Crippen LogP contribution in [0.2, 0.25) is 0 Å². The lowest BCUT2D eigenvalue weighted by Crippen LogP contribution is -2.13. The Labute approximate surface area is 200 Å². The van der Waals surface area contributed by atoms with E-state index in [1.54, 1.807) is 42.5 Å². The summed E-state index contributed by atoms with van der Waals surface area (Å²) in [6, 6.07) is 17.0. The molecule has 0 bridgehead atoms. The molecule has 9 heteroatoms. The van der Waals surface area contributed by atoms with Crippen molar-refractivity contribution in [3.05, 3.63) is 101 Å². The lowest BCUT2D eigenvalue weighted by atomic mass is 10.2. The number of benzene rings is 3. The zero-order valence-corrected chi connectivity index (χ0v) is 19.1. The molecule has 35 heavy (non-hydrogen) atoms. The maximum absolute atomic E-state index is 13.6. The van der Waals surface area contributed by atoms with E-state index in [1.807, 2.05) is 0 Å². The molecule has 1 amide bonds. The molecule has 0 saturated heterocycles. The minimum atomic E-state index is -0.492. The van der Waals surface area contributed by atoms with Crippen molar-refractivity contribution in [1.29, 1.82) is 0 Å². The molecule has 1 N–H and O–H groups in total. The smallest absolute Gasteiger partial charge is 0.262 e. The topological polar surface area (TPSA) is 74.6 Å². The number of halogens is 2. The molecule has 180 valence electrons. The largest absolute Gasteiger partial charge is 0.497 e. The summed E-state index contributed by atoms with van der Waals surface area (Å²) in [5.41, 5.74) is 1.81. The molecule has 0 saturated carbocycles. The number of methoxy groups -OCH3 is 2. The molecule has 0 radical (unpaired) electrons. The maximum atomic E-state index is 13.6. The Morgan fingerprint density at radius 2 is 1.66 bits per heavy atom. The van der Waals surface area contributed by atoms with Crippen molar-refractivity contribution in [2.24, 2.45) is 0 Å². The van der Waals surface area contributed by atoms with Crippen LogP contribution in [0.5, 0.6) is 17.4 Å². The summed E-state index contributed by atoms with van der Waals surface area (Å²) in [6.45, 7) is 0.216. The Balaban J connectivity index is 1.61. The standard InChI is InChI=1S/C26H23F2N3O4/c1-33-21-9-10-23(24(13-21)34-2)29-25(32)22-15-31(14-17-5-3-7-19(27)11-17)30-26(22)35-16-18-6-4-8-20(28)12-18/h3-13,15H,14,16H2,1-2H3,(H,29,32). The molecule has 0 aliphatic rings. The molecule has 1 heterocycles. The number of nitrogens with one attached hydrogen (secondary N) is 1. The molecule has 0 fully saturated rings. The average Bonchev–Trinajstić information content (AvgIpc) is 3.25. The highest BCUT2D eigenvalue weighted by Gasteiger charge is 2.20. The third kappa shape index (κ3) is 5.94. The first-order chi connectivity index (χ1) is 16.9. The Morgan fingerprint density at radius 3 is 2.34 bits per heavy atom. The van der Waals surface area contributed by atoms with Gasteiger partial charge in [0, 0.05) is 12.3 Å². The number of carbonyl (C=O) groups excluding carboxylic acids is 1. The molecule has 0 spiro atoms. The van der Waals surface area contributed by atoms with E-state index in [0.29, 0.717) is 28.3 Å². The van der Waals surface area contributed by atoms with Gasteiger partial charge in [0.1, 0.15) is 35.3 Å². The molecule has 4 rings (SSSR count). The van der Waals surface area contributed by atoms with E-state index >= 15 is 0 Å². The van der Waals surface area contributed by atoms with Gasteiger partial charge in [0.05, 0.1) is 26.5 Å². The Morgan fingerprint density at radius 1 is 0.943 bits per heavy atom. The summed E-state index contributed by atoms with van der Waals surface area (Å²) < 4.78 is 45.0. The summed E-state index contributed by atoms with van der Waals surface area (Å²) >= 11 is 0. The first kappa shape index (κ1) is 23.7. The van der Waals surface area contributed by atoms with Gasteiger partial charge >= 0.3 is 0 Å². The van der Waals surface area contributed by atoms with Crippen LogP contribution in [0.4, 0.5) is 14.5 Å². The fraction of sp³-hybridized carbons (Fsp3) is 0.154. The van der Waals surface area contributed by atoms with Gasteiger partial charge in [-0.15, -0.1) is 5.10 Å². The summed E-state index contributed by atoms with van der Waals surface area (Å²) in [4.78, 5) is 13.2. The minimum Gasteiger partial charge on any atom is -0.497 e. The summed E-state index contributed by atoms with van der Waals surface area (Å²) in [5, 5.41) is 7.16. The van der Waals surface area contributed by atoms with Gasteiger partial charge in [-0.05, 0) is 47.5 Å². The summed E-state index contributed by atoms with van der Waals surface area (Å²) in [5.74, 6) is -0.230. The van der Waals surface area contributed by atoms with E-state index in [9.17, 15) is 13.6 Å². The predicted molar refractivity (Wildman–Crippen MR) is 126 cm³/mol. The zero-order chi connectivity index (χ0) is 24.8. The summed E-state index contributed by atoms with van der Waals surface area (Å²) in [6.07, 6.45) is 1.51. The molecule has 0 aliphatic carbocycles. The highest BCUT2D eigenvalue weighted by Crippen LogP contribution is 2.30. The van der Waals surface area contributed by atoms with Gasteiger partial charge in [-0.3, -0.25) is 9.48 Å². The molecule has 0 unspecified atom stereocenters. The highest BCUT2D eigenvalue weighted by molar-refractivity contribution is 6.06. The van der Waals surface area contributed by atoms with Crippen LogP contribution in [0.1, 0.15) is 21.5 Å². The van der Waals surface area contributed by atoms with Crippen LogP contribution < -0.4 is 19.5 Å². The number of rotatable bonds is 9. The Hall–Kier alpha value is -4.40. The second-order valence-electron chi connectivity index (χ2n) is 7.61. The van der Waals surface area contributed by atoms with E-state index < -0.39 is 11.7 Å². The van der Waals surface area contributed by atoms with Crippen LogP contribution in [0.15, 0.2) is 72.9 Å². The maximum Gasteiger partial charge on any atom is 0.262 e. The zero-order valence-electron chi connectivity index (χ0n) is 19.1. The third-order valence-electron chi connectivity index (χ3n) is 5.13. The van der Waals surface area contributed by atoms with E-state index in [1.165, 1.54) is 49.4 Å². The van der Waals surface area contributed by atoms with Crippen LogP contribution in [0.25, 0.3) is 0 Å². The van der Waals surface area contributed by atoms with Crippen molar-refractivity contribution in [1.82, 2.24) is 9.78 Å². The van der Waals surface area contributed by atoms with Gasteiger partial charge in [-0.25, -0.2) is 8.78 Å². The number of carbonyl (C=O) groups is 1. The lowest BCUT2D eigenvalue weighted by Gasteiger charge is -2.11. The fourth-order valence-corrected chi connectivity index (χ4v) is 3.44. The van der Waals surface area contributed by atoms with Crippen LogP contribution in [-0.4, -0.2) is 29.9 Å². The number of ether oxygens (including phenoxy) is 3. The predicted octanol–water partition coefficient (Wildman–Crippen LogP) is 5.06. The van der Waals surface area contributed by atoms with Crippen LogP contribution >= 0.6 is 0 Å². The van der Waals surface area contributed by atoms with Crippen molar-refractivity contribution in [3.63, 3.8) is 0 Å². The quantitative estimate of drug-likeness (QED) is 0.363. The van der Waals surface area contributed by atoms with E-state index in [-0.39, 0.29) is 30.4 Å². The van der Waals surface area contributed by atoms with Crippen LogP contribution in [0, 0.1) is 11.6 Å². The highest BCUT2D eigenvalue weighted by atomic mass is 19.1. The molecule has 1 aromatic heterocycles. The average molecular weight is 479 g/mol. The molecule has 4 aromatic rings. The van der Waals surface area contributed by atoms with E-state index in [4.69, 9.17) is 14.2 Å². The number of nitrogens with zero attached hydrogens (tertiary/aromatic N) is 2. The number of hydrogen-bond acceptors (Lipinski definition) is 5. The second-order valence-corrected chi connectivity index (χ2v) is 7.61. The lowest BCUT2D eigenvalue weighted by molar-refractivity contribution is 0.102. The van der Waals surface area contributed by atoms with Gasteiger partial charge in [-0.1, -0.05) is 24.3 Å². The second kappa shape index (κ2) is 10.7. The van der Waals surface area contributed by atoms with Crippen molar-refractivity contribution < 1.29 is 27.8 Å². The first-order valence-electron chi connectivity index (χ1n) is 10.7. The van der Waals surface area contributed by atoms with Crippen LogP contribution in [-0.2, 0) is 13.2 Å². The fourth-order valence-electron chi connectivity index (χ4n) is 3.44. The Kier molecular flexibility index (Phi) is 7.25. The van der Waals surface area contributed by atoms with Crippen molar-refractivity contribution in [2.75, 3.05) is 19.5 Å². The third-order valence-corrected chi connectivity index (χ3v) is 5.13. The van der Waals surface area contributed by atoms with Crippen molar-refractivity contribution >= 4 is 11.6 Å². The number of hydrogen-bond donors (Lipinski definition) is 1. The number of anilines is 1.